The summed E-state index contributed by atoms with van der Waals surface area (Å²) in [7, 11) is 0. The molecule has 0 saturated heterocycles. The maximum Gasteiger partial charge on any atom is 0.0300 e. The molecule has 1 atom stereocenters. The number of alkyl halides is 1. The molecule has 0 N–H and O–H groups in total. The molecule has 0 bridgehead atoms. The smallest absolute Gasteiger partial charge is 0.0300 e. The Balaban J connectivity index is 2.89. The van der Waals surface area contributed by atoms with E-state index in [9.17, 15) is 0 Å². The van der Waals surface area contributed by atoms with Crippen LogP contribution in [0.25, 0.3) is 6.08 Å². The molecule has 1 aromatic carbocycles. The lowest BCUT2D eigenvalue weighted by Crippen LogP contribution is -1.83. The monoisotopic (exact) mass is 238 g/mol. The van der Waals surface area contributed by atoms with Gasteiger partial charge in [0.2, 0.25) is 0 Å². The lowest BCUT2D eigenvalue weighted by molar-refractivity contribution is 1.28. The number of hydrogen-bond acceptors (Lipinski definition) is 0. The van der Waals surface area contributed by atoms with E-state index in [1.165, 1.54) is 16.7 Å². The standard InChI is InChI=1S/C12H15Br/c1-9-6-10(2)8-12(7-9)5-4-11(3)13/h4-8,11H,1-3H3/b5-4+. The summed E-state index contributed by atoms with van der Waals surface area (Å²) in [6.07, 6.45) is 4.30. The van der Waals surface area contributed by atoms with Crippen molar-refractivity contribution in [1.82, 2.24) is 0 Å². The van der Waals surface area contributed by atoms with Crippen molar-refractivity contribution in [2.45, 2.75) is 25.6 Å². The molecular weight excluding hydrogens is 224 g/mol. The summed E-state index contributed by atoms with van der Waals surface area (Å²) in [6, 6.07) is 6.58. The SMILES string of the molecule is Cc1cc(C)cc(/C=C/C(C)Br)c1. The fraction of sp³-hybridized carbons (Fsp3) is 0.333. The van der Waals surface area contributed by atoms with Gasteiger partial charge in [-0.25, -0.2) is 0 Å². The van der Waals surface area contributed by atoms with Crippen LogP contribution >= 0.6 is 15.9 Å². The lowest BCUT2D eigenvalue weighted by Gasteiger charge is -2.00. The highest BCUT2D eigenvalue weighted by atomic mass is 79.9. The van der Waals surface area contributed by atoms with Gasteiger partial charge in [0.1, 0.15) is 0 Å². The Morgan fingerprint density at radius 1 is 1.15 bits per heavy atom. The van der Waals surface area contributed by atoms with Crippen LogP contribution in [0.2, 0.25) is 0 Å². The van der Waals surface area contributed by atoms with Gasteiger partial charge < -0.3 is 0 Å². The molecule has 1 aromatic rings. The quantitative estimate of drug-likeness (QED) is 0.681. The summed E-state index contributed by atoms with van der Waals surface area (Å²) in [6.45, 7) is 6.36. The zero-order valence-corrected chi connectivity index (χ0v) is 9.93. The van der Waals surface area contributed by atoms with Crippen molar-refractivity contribution in [3.63, 3.8) is 0 Å². The number of rotatable bonds is 2. The van der Waals surface area contributed by atoms with E-state index in [1.54, 1.807) is 0 Å². The Morgan fingerprint density at radius 2 is 1.69 bits per heavy atom. The molecule has 0 aliphatic heterocycles. The van der Waals surface area contributed by atoms with Crippen LogP contribution in [0.3, 0.4) is 0 Å². The zero-order chi connectivity index (χ0) is 9.84. The van der Waals surface area contributed by atoms with Gasteiger partial charge >= 0.3 is 0 Å². The number of benzene rings is 1. The van der Waals surface area contributed by atoms with Gasteiger partial charge in [0.25, 0.3) is 0 Å². The van der Waals surface area contributed by atoms with Gasteiger partial charge in [0.15, 0.2) is 0 Å². The number of halogens is 1. The molecule has 0 amide bonds. The first-order valence-corrected chi connectivity index (χ1v) is 5.40. The summed E-state index contributed by atoms with van der Waals surface area (Å²) >= 11 is 3.48. The van der Waals surface area contributed by atoms with Gasteiger partial charge in [-0.05, 0) is 26.3 Å². The van der Waals surface area contributed by atoms with E-state index < -0.39 is 0 Å². The minimum atomic E-state index is 0.438. The average molecular weight is 239 g/mol. The fourth-order valence-corrected chi connectivity index (χ4v) is 1.50. The predicted molar refractivity (Wildman–Crippen MR) is 63.3 cm³/mol. The highest BCUT2D eigenvalue weighted by molar-refractivity contribution is 9.09. The zero-order valence-electron chi connectivity index (χ0n) is 8.34. The van der Waals surface area contributed by atoms with Crippen molar-refractivity contribution in [2.24, 2.45) is 0 Å². The largest absolute Gasteiger partial charge is 0.0848 e. The van der Waals surface area contributed by atoms with Crippen LogP contribution in [0.4, 0.5) is 0 Å². The third kappa shape index (κ3) is 3.77. The van der Waals surface area contributed by atoms with Crippen LogP contribution in [-0.4, -0.2) is 4.83 Å². The van der Waals surface area contributed by atoms with E-state index in [1.807, 2.05) is 0 Å². The topological polar surface area (TPSA) is 0 Å². The lowest BCUT2D eigenvalue weighted by atomic mass is 10.1. The molecule has 1 unspecified atom stereocenters. The molecule has 0 aliphatic carbocycles. The van der Waals surface area contributed by atoms with Gasteiger partial charge in [0.05, 0.1) is 0 Å². The first-order chi connectivity index (χ1) is 6.08. The first kappa shape index (κ1) is 10.5. The first-order valence-electron chi connectivity index (χ1n) is 4.48. The van der Waals surface area contributed by atoms with Crippen LogP contribution in [0.1, 0.15) is 23.6 Å². The average Bonchev–Trinajstić information content (AvgIpc) is 1.99. The summed E-state index contributed by atoms with van der Waals surface area (Å²) in [5.41, 5.74) is 3.92. The number of aryl methyl sites for hydroxylation is 2. The summed E-state index contributed by atoms with van der Waals surface area (Å²) in [4.78, 5) is 0.438. The molecule has 0 fully saturated rings. The Kier molecular flexibility index (Phi) is 3.73. The van der Waals surface area contributed by atoms with Gasteiger partial charge in [0, 0.05) is 4.83 Å². The molecule has 1 rings (SSSR count). The molecule has 0 aliphatic rings. The third-order valence-corrected chi connectivity index (χ3v) is 2.10. The van der Waals surface area contributed by atoms with Crippen molar-refractivity contribution < 1.29 is 0 Å². The van der Waals surface area contributed by atoms with Gasteiger partial charge in [-0.2, -0.15) is 0 Å². The maximum atomic E-state index is 3.48. The van der Waals surface area contributed by atoms with Crippen LogP contribution in [-0.2, 0) is 0 Å². The second-order valence-electron chi connectivity index (χ2n) is 3.46. The maximum absolute atomic E-state index is 3.48. The number of hydrogen-bond donors (Lipinski definition) is 0. The molecule has 0 radical (unpaired) electrons. The highest BCUT2D eigenvalue weighted by Gasteiger charge is 1.92. The molecule has 0 nitrogen and oxygen atoms in total. The minimum absolute atomic E-state index is 0.438. The Labute approximate surface area is 88.8 Å². The van der Waals surface area contributed by atoms with Crippen LogP contribution in [0, 0.1) is 13.8 Å². The van der Waals surface area contributed by atoms with Crippen molar-refractivity contribution in [2.75, 3.05) is 0 Å². The molecule has 13 heavy (non-hydrogen) atoms. The summed E-state index contributed by atoms with van der Waals surface area (Å²) < 4.78 is 0. The molecule has 0 aromatic heterocycles. The Hall–Kier alpha value is -0.560. The molecule has 70 valence electrons. The van der Waals surface area contributed by atoms with Crippen molar-refractivity contribution >= 4 is 22.0 Å². The van der Waals surface area contributed by atoms with Gasteiger partial charge in [-0.15, -0.1) is 0 Å². The van der Waals surface area contributed by atoms with E-state index in [0.717, 1.165) is 0 Å². The minimum Gasteiger partial charge on any atom is -0.0848 e. The predicted octanol–water partition coefficient (Wildman–Crippen LogP) is 4.10. The van der Waals surface area contributed by atoms with Crippen LogP contribution < -0.4 is 0 Å². The van der Waals surface area contributed by atoms with E-state index in [2.05, 4.69) is 67.1 Å². The molecule has 1 heteroatoms. The van der Waals surface area contributed by atoms with E-state index in [4.69, 9.17) is 0 Å². The number of allylic oxidation sites excluding steroid dienone is 1. The van der Waals surface area contributed by atoms with Gasteiger partial charge in [-0.3, -0.25) is 0 Å². The second-order valence-corrected chi connectivity index (χ2v) is 4.90. The normalized spacial score (nSPS) is 13.5. The Bertz CT molecular complexity index is 291. The van der Waals surface area contributed by atoms with Crippen molar-refractivity contribution in [1.29, 1.82) is 0 Å². The van der Waals surface area contributed by atoms with E-state index >= 15 is 0 Å². The Morgan fingerprint density at radius 3 is 2.15 bits per heavy atom. The van der Waals surface area contributed by atoms with Crippen LogP contribution in [0.15, 0.2) is 24.3 Å². The molecule has 0 saturated carbocycles. The molecule has 0 spiro atoms. The van der Waals surface area contributed by atoms with Crippen LogP contribution in [0.5, 0.6) is 0 Å². The summed E-state index contributed by atoms with van der Waals surface area (Å²) in [5.74, 6) is 0. The molecular formula is C12H15Br. The van der Waals surface area contributed by atoms with Gasteiger partial charge in [-0.1, -0.05) is 57.4 Å². The van der Waals surface area contributed by atoms with E-state index in [0.29, 0.717) is 4.83 Å². The van der Waals surface area contributed by atoms with Crippen molar-refractivity contribution in [3.8, 4) is 0 Å². The second kappa shape index (κ2) is 4.61. The van der Waals surface area contributed by atoms with E-state index in [-0.39, 0.29) is 0 Å². The highest BCUT2D eigenvalue weighted by Crippen LogP contribution is 2.11. The molecule has 0 heterocycles. The third-order valence-electron chi connectivity index (χ3n) is 1.80. The van der Waals surface area contributed by atoms with Crippen molar-refractivity contribution in [3.05, 3.63) is 41.0 Å². The fourth-order valence-electron chi connectivity index (χ4n) is 1.35. The summed E-state index contributed by atoms with van der Waals surface area (Å²) in [5, 5.41) is 0.